The van der Waals surface area contributed by atoms with Gasteiger partial charge in [-0.1, -0.05) is 15.9 Å². The Hall–Kier alpha value is -0.810. The van der Waals surface area contributed by atoms with E-state index in [1.165, 1.54) is 7.11 Å². The third kappa shape index (κ3) is 2.86. The standard InChI is InChI=1S/C11H15BrFNO2/c1-14-6-9(13)7-4-10(15-2)11(16-3)5-8(7)12/h4-5,9,14H,6H2,1-3H3. The molecule has 0 aliphatic heterocycles. The molecule has 0 amide bonds. The van der Waals surface area contributed by atoms with Crippen LogP contribution >= 0.6 is 15.9 Å². The van der Waals surface area contributed by atoms with E-state index in [1.54, 1.807) is 26.3 Å². The molecule has 0 fully saturated rings. The van der Waals surface area contributed by atoms with Crippen LogP contribution in [0.4, 0.5) is 4.39 Å². The number of likely N-dealkylation sites (N-methyl/N-ethyl adjacent to an activating group) is 1. The Morgan fingerprint density at radius 3 is 2.38 bits per heavy atom. The Morgan fingerprint density at radius 2 is 1.88 bits per heavy atom. The Balaban J connectivity index is 3.10. The minimum atomic E-state index is -1.08. The van der Waals surface area contributed by atoms with Crippen LogP contribution in [-0.2, 0) is 0 Å². The summed E-state index contributed by atoms with van der Waals surface area (Å²) in [5, 5.41) is 2.79. The Bertz CT molecular complexity index is 360. The van der Waals surface area contributed by atoms with Gasteiger partial charge in [0.25, 0.3) is 0 Å². The summed E-state index contributed by atoms with van der Waals surface area (Å²) in [5.41, 5.74) is 0.548. The van der Waals surface area contributed by atoms with E-state index in [4.69, 9.17) is 9.47 Å². The normalized spacial score (nSPS) is 12.3. The third-order valence-electron chi connectivity index (χ3n) is 2.22. The van der Waals surface area contributed by atoms with Crippen molar-refractivity contribution in [2.75, 3.05) is 27.8 Å². The smallest absolute Gasteiger partial charge is 0.161 e. The van der Waals surface area contributed by atoms with Gasteiger partial charge in [-0.05, 0) is 19.2 Å². The number of ether oxygens (including phenoxy) is 2. The predicted octanol–water partition coefficient (Wildman–Crippen LogP) is 2.70. The zero-order chi connectivity index (χ0) is 12.1. The Morgan fingerprint density at radius 1 is 1.31 bits per heavy atom. The maximum absolute atomic E-state index is 13.8. The molecule has 0 spiro atoms. The molecular formula is C11H15BrFNO2. The highest BCUT2D eigenvalue weighted by molar-refractivity contribution is 9.10. The highest BCUT2D eigenvalue weighted by atomic mass is 79.9. The minimum absolute atomic E-state index is 0.258. The first-order valence-electron chi connectivity index (χ1n) is 4.84. The first kappa shape index (κ1) is 13.3. The largest absolute Gasteiger partial charge is 0.493 e. The SMILES string of the molecule is CNCC(F)c1cc(OC)c(OC)cc1Br. The van der Waals surface area contributed by atoms with Gasteiger partial charge in [-0.15, -0.1) is 0 Å². The zero-order valence-electron chi connectivity index (χ0n) is 9.51. The molecule has 1 rings (SSSR count). The number of hydrogen-bond acceptors (Lipinski definition) is 3. The molecule has 5 heteroatoms. The molecule has 1 N–H and O–H groups in total. The van der Waals surface area contributed by atoms with Crippen LogP contribution in [0, 0.1) is 0 Å². The van der Waals surface area contributed by atoms with Crippen molar-refractivity contribution in [1.82, 2.24) is 5.32 Å². The minimum Gasteiger partial charge on any atom is -0.493 e. The van der Waals surface area contributed by atoms with Gasteiger partial charge in [-0.3, -0.25) is 0 Å². The van der Waals surface area contributed by atoms with Crippen molar-refractivity contribution in [2.45, 2.75) is 6.17 Å². The van der Waals surface area contributed by atoms with Crippen molar-refractivity contribution in [3.8, 4) is 11.5 Å². The number of hydrogen-bond donors (Lipinski definition) is 1. The summed E-state index contributed by atoms with van der Waals surface area (Å²) in [6.07, 6.45) is -1.08. The van der Waals surface area contributed by atoms with E-state index < -0.39 is 6.17 Å². The lowest BCUT2D eigenvalue weighted by atomic mass is 10.1. The van der Waals surface area contributed by atoms with Gasteiger partial charge in [0.15, 0.2) is 11.5 Å². The fraction of sp³-hybridized carbons (Fsp3) is 0.455. The van der Waals surface area contributed by atoms with E-state index in [2.05, 4.69) is 21.2 Å². The van der Waals surface area contributed by atoms with Gasteiger partial charge in [-0.2, -0.15) is 0 Å². The monoisotopic (exact) mass is 291 g/mol. The van der Waals surface area contributed by atoms with Crippen LogP contribution in [0.1, 0.15) is 11.7 Å². The molecule has 0 aliphatic rings. The molecule has 90 valence electrons. The topological polar surface area (TPSA) is 30.5 Å². The number of methoxy groups -OCH3 is 2. The molecule has 1 atom stereocenters. The van der Waals surface area contributed by atoms with Crippen molar-refractivity contribution in [1.29, 1.82) is 0 Å². The predicted molar refractivity (Wildman–Crippen MR) is 65.0 cm³/mol. The maximum Gasteiger partial charge on any atom is 0.161 e. The summed E-state index contributed by atoms with van der Waals surface area (Å²) in [6.45, 7) is 0.258. The summed E-state index contributed by atoms with van der Waals surface area (Å²) in [4.78, 5) is 0. The van der Waals surface area contributed by atoms with Crippen LogP contribution in [0.2, 0.25) is 0 Å². The highest BCUT2D eigenvalue weighted by Gasteiger charge is 2.16. The molecule has 0 bridgehead atoms. The lowest BCUT2D eigenvalue weighted by Crippen LogP contribution is -2.14. The quantitative estimate of drug-likeness (QED) is 0.905. The fourth-order valence-electron chi connectivity index (χ4n) is 1.40. The van der Waals surface area contributed by atoms with Crippen LogP contribution in [0.15, 0.2) is 16.6 Å². The molecule has 1 aromatic carbocycles. The van der Waals surface area contributed by atoms with Gasteiger partial charge in [0, 0.05) is 16.6 Å². The van der Waals surface area contributed by atoms with Crippen LogP contribution in [-0.4, -0.2) is 27.8 Å². The van der Waals surface area contributed by atoms with Crippen LogP contribution in [0.25, 0.3) is 0 Å². The summed E-state index contributed by atoms with van der Waals surface area (Å²) in [6, 6.07) is 3.35. The molecular weight excluding hydrogens is 277 g/mol. The maximum atomic E-state index is 13.8. The second-order valence-electron chi connectivity index (χ2n) is 3.25. The molecule has 16 heavy (non-hydrogen) atoms. The Labute approximate surface area is 103 Å². The van der Waals surface area contributed by atoms with Gasteiger partial charge < -0.3 is 14.8 Å². The molecule has 0 saturated heterocycles. The molecule has 0 aliphatic carbocycles. The molecule has 0 saturated carbocycles. The molecule has 3 nitrogen and oxygen atoms in total. The lowest BCUT2D eigenvalue weighted by molar-refractivity contribution is 0.327. The van der Waals surface area contributed by atoms with Gasteiger partial charge in [0.05, 0.1) is 14.2 Å². The Kier molecular flexibility index (Phi) is 5.02. The van der Waals surface area contributed by atoms with Crippen molar-refractivity contribution in [3.05, 3.63) is 22.2 Å². The second-order valence-corrected chi connectivity index (χ2v) is 4.11. The van der Waals surface area contributed by atoms with E-state index in [0.29, 0.717) is 21.5 Å². The van der Waals surface area contributed by atoms with Crippen LogP contribution in [0.5, 0.6) is 11.5 Å². The van der Waals surface area contributed by atoms with E-state index in [0.717, 1.165) is 0 Å². The summed E-state index contributed by atoms with van der Waals surface area (Å²) in [7, 11) is 4.78. The lowest BCUT2D eigenvalue weighted by Gasteiger charge is -2.14. The average Bonchev–Trinajstić information content (AvgIpc) is 2.28. The van der Waals surface area contributed by atoms with Gasteiger partial charge in [-0.25, -0.2) is 4.39 Å². The molecule has 0 radical (unpaired) electrons. The fourth-order valence-corrected chi connectivity index (χ4v) is 1.97. The summed E-state index contributed by atoms with van der Waals surface area (Å²) in [5.74, 6) is 1.11. The van der Waals surface area contributed by atoms with Crippen molar-refractivity contribution >= 4 is 15.9 Å². The summed E-state index contributed by atoms with van der Waals surface area (Å²) < 4.78 is 24.7. The van der Waals surface area contributed by atoms with E-state index in [-0.39, 0.29) is 6.54 Å². The highest BCUT2D eigenvalue weighted by Crippen LogP contribution is 2.36. The van der Waals surface area contributed by atoms with E-state index >= 15 is 0 Å². The van der Waals surface area contributed by atoms with Crippen molar-refractivity contribution < 1.29 is 13.9 Å². The first-order valence-corrected chi connectivity index (χ1v) is 5.63. The average molecular weight is 292 g/mol. The van der Waals surface area contributed by atoms with Crippen LogP contribution < -0.4 is 14.8 Å². The molecule has 1 aromatic rings. The van der Waals surface area contributed by atoms with Gasteiger partial charge in [0.2, 0.25) is 0 Å². The van der Waals surface area contributed by atoms with Gasteiger partial charge >= 0.3 is 0 Å². The van der Waals surface area contributed by atoms with E-state index in [9.17, 15) is 4.39 Å². The molecule has 0 aromatic heterocycles. The second kappa shape index (κ2) is 6.06. The number of rotatable bonds is 5. The molecule has 1 unspecified atom stereocenters. The first-order chi connectivity index (χ1) is 7.63. The van der Waals surface area contributed by atoms with Crippen molar-refractivity contribution in [3.63, 3.8) is 0 Å². The van der Waals surface area contributed by atoms with Gasteiger partial charge in [0.1, 0.15) is 6.17 Å². The third-order valence-corrected chi connectivity index (χ3v) is 2.91. The zero-order valence-corrected chi connectivity index (χ0v) is 11.1. The van der Waals surface area contributed by atoms with Crippen molar-refractivity contribution in [2.24, 2.45) is 0 Å². The number of halogens is 2. The number of nitrogens with one attached hydrogen (secondary N) is 1. The number of alkyl halides is 1. The molecule has 0 heterocycles. The number of benzene rings is 1. The van der Waals surface area contributed by atoms with E-state index in [1.807, 2.05) is 0 Å². The summed E-state index contributed by atoms with van der Waals surface area (Å²) >= 11 is 3.32. The van der Waals surface area contributed by atoms with Crippen LogP contribution in [0.3, 0.4) is 0 Å².